The number of aryl methyl sites for hydroxylation is 2. The minimum atomic E-state index is -0.836. The van der Waals surface area contributed by atoms with E-state index in [9.17, 15) is 4.21 Å². The number of benzene rings is 1. The van der Waals surface area contributed by atoms with Crippen molar-refractivity contribution in [1.29, 1.82) is 0 Å². The summed E-state index contributed by atoms with van der Waals surface area (Å²) >= 11 is 5.85. The SMILES string of the molecule is Cc1ccc2c(c1)nc(CCCl)n2CC(C)S(C)=O. The van der Waals surface area contributed by atoms with Crippen molar-refractivity contribution >= 4 is 33.4 Å². The van der Waals surface area contributed by atoms with E-state index in [1.807, 2.05) is 6.92 Å². The Balaban J connectivity index is 2.48. The molecule has 0 saturated heterocycles. The van der Waals surface area contributed by atoms with Crippen molar-refractivity contribution in [1.82, 2.24) is 9.55 Å². The molecule has 2 atom stereocenters. The van der Waals surface area contributed by atoms with Gasteiger partial charge in [0, 0.05) is 41.2 Å². The number of aromatic nitrogens is 2. The van der Waals surface area contributed by atoms with Crippen molar-refractivity contribution in [3.63, 3.8) is 0 Å². The molecule has 2 aromatic rings. The average molecular weight is 299 g/mol. The zero-order valence-corrected chi connectivity index (χ0v) is 13.1. The summed E-state index contributed by atoms with van der Waals surface area (Å²) in [5.74, 6) is 1.53. The van der Waals surface area contributed by atoms with Crippen molar-refractivity contribution < 1.29 is 4.21 Å². The van der Waals surface area contributed by atoms with E-state index in [0.717, 1.165) is 29.8 Å². The van der Waals surface area contributed by atoms with Crippen molar-refractivity contribution in [2.24, 2.45) is 0 Å². The first-order chi connectivity index (χ1) is 9.02. The lowest BCUT2D eigenvalue weighted by Crippen LogP contribution is -2.19. The summed E-state index contributed by atoms with van der Waals surface area (Å²) < 4.78 is 13.7. The van der Waals surface area contributed by atoms with Crippen LogP contribution in [0.15, 0.2) is 18.2 Å². The smallest absolute Gasteiger partial charge is 0.111 e. The normalized spacial score (nSPS) is 14.7. The number of rotatable bonds is 5. The molecule has 2 rings (SSSR count). The highest BCUT2D eigenvalue weighted by Gasteiger charge is 2.14. The molecular weight excluding hydrogens is 280 g/mol. The van der Waals surface area contributed by atoms with E-state index >= 15 is 0 Å². The van der Waals surface area contributed by atoms with Crippen LogP contribution in [0, 0.1) is 6.92 Å². The third kappa shape index (κ3) is 3.18. The van der Waals surface area contributed by atoms with Gasteiger partial charge in [0.15, 0.2) is 0 Å². The minimum absolute atomic E-state index is 0.104. The lowest BCUT2D eigenvalue weighted by molar-refractivity contribution is 0.635. The van der Waals surface area contributed by atoms with Gasteiger partial charge in [-0.05, 0) is 31.5 Å². The summed E-state index contributed by atoms with van der Waals surface area (Å²) in [6, 6.07) is 6.25. The van der Waals surface area contributed by atoms with Crippen LogP contribution in [-0.2, 0) is 23.8 Å². The number of hydrogen-bond acceptors (Lipinski definition) is 2. The topological polar surface area (TPSA) is 34.9 Å². The van der Waals surface area contributed by atoms with Crippen LogP contribution in [0.25, 0.3) is 11.0 Å². The first kappa shape index (κ1) is 14.5. The maximum atomic E-state index is 11.6. The van der Waals surface area contributed by atoms with Crippen molar-refractivity contribution in [2.45, 2.75) is 32.1 Å². The second-order valence-corrected chi connectivity index (χ2v) is 7.06. The van der Waals surface area contributed by atoms with Gasteiger partial charge < -0.3 is 4.57 Å². The Kier molecular flexibility index (Phi) is 4.63. The second-order valence-electron chi connectivity index (χ2n) is 4.88. The van der Waals surface area contributed by atoms with Gasteiger partial charge >= 0.3 is 0 Å². The van der Waals surface area contributed by atoms with Crippen LogP contribution >= 0.6 is 11.6 Å². The molecule has 0 bridgehead atoms. The van der Waals surface area contributed by atoms with E-state index in [1.54, 1.807) is 6.26 Å². The summed E-state index contributed by atoms with van der Waals surface area (Å²) in [4.78, 5) is 4.66. The maximum absolute atomic E-state index is 11.6. The van der Waals surface area contributed by atoms with Crippen LogP contribution in [0.3, 0.4) is 0 Å². The quantitative estimate of drug-likeness (QED) is 0.796. The molecule has 3 nitrogen and oxygen atoms in total. The Morgan fingerprint density at radius 3 is 2.84 bits per heavy atom. The molecule has 0 fully saturated rings. The van der Waals surface area contributed by atoms with Crippen LogP contribution < -0.4 is 0 Å². The number of halogens is 1. The van der Waals surface area contributed by atoms with Crippen LogP contribution in [0.4, 0.5) is 0 Å². The van der Waals surface area contributed by atoms with Gasteiger partial charge in [-0.3, -0.25) is 4.21 Å². The molecule has 0 radical (unpaired) electrons. The van der Waals surface area contributed by atoms with E-state index in [1.165, 1.54) is 5.56 Å². The van der Waals surface area contributed by atoms with Gasteiger partial charge in [-0.1, -0.05) is 6.07 Å². The Bertz CT molecular complexity index is 609. The number of nitrogens with zero attached hydrogens (tertiary/aromatic N) is 2. The second kappa shape index (κ2) is 6.06. The first-order valence-corrected chi connectivity index (χ1v) is 8.52. The lowest BCUT2D eigenvalue weighted by atomic mass is 10.2. The molecule has 0 aliphatic carbocycles. The molecule has 5 heteroatoms. The Hall–Kier alpha value is -0.870. The van der Waals surface area contributed by atoms with Crippen molar-refractivity contribution in [3.05, 3.63) is 29.6 Å². The summed E-state index contributed by atoms with van der Waals surface area (Å²) in [7, 11) is -0.836. The molecule has 1 heterocycles. The molecule has 2 unspecified atom stereocenters. The Morgan fingerprint density at radius 1 is 1.47 bits per heavy atom. The number of alkyl halides is 1. The predicted octanol–water partition coefficient (Wildman–Crippen LogP) is 2.89. The van der Waals surface area contributed by atoms with Gasteiger partial charge in [-0.2, -0.15) is 0 Å². The zero-order chi connectivity index (χ0) is 14.0. The highest BCUT2D eigenvalue weighted by molar-refractivity contribution is 7.84. The maximum Gasteiger partial charge on any atom is 0.111 e. The van der Waals surface area contributed by atoms with Crippen LogP contribution in [0.5, 0.6) is 0 Å². The van der Waals surface area contributed by atoms with Gasteiger partial charge in [-0.15, -0.1) is 11.6 Å². The summed E-state index contributed by atoms with van der Waals surface area (Å²) in [6.07, 6.45) is 2.48. The van der Waals surface area contributed by atoms with E-state index < -0.39 is 10.8 Å². The highest BCUT2D eigenvalue weighted by Crippen LogP contribution is 2.19. The largest absolute Gasteiger partial charge is 0.327 e. The third-order valence-electron chi connectivity index (χ3n) is 3.31. The van der Waals surface area contributed by atoms with Gasteiger partial charge in [0.1, 0.15) is 5.82 Å². The van der Waals surface area contributed by atoms with Crippen LogP contribution in [-0.4, -0.2) is 31.1 Å². The average Bonchev–Trinajstić information content (AvgIpc) is 2.67. The fourth-order valence-corrected chi connectivity index (χ4v) is 2.66. The molecule has 0 N–H and O–H groups in total. The fraction of sp³-hybridized carbons (Fsp3) is 0.500. The number of imidazole rings is 1. The van der Waals surface area contributed by atoms with E-state index in [0.29, 0.717) is 5.88 Å². The minimum Gasteiger partial charge on any atom is -0.327 e. The zero-order valence-electron chi connectivity index (χ0n) is 11.5. The Morgan fingerprint density at radius 2 is 2.21 bits per heavy atom. The van der Waals surface area contributed by atoms with E-state index in [2.05, 4.69) is 34.7 Å². The van der Waals surface area contributed by atoms with Gasteiger partial charge in [0.2, 0.25) is 0 Å². The molecule has 1 aromatic carbocycles. The molecule has 0 amide bonds. The van der Waals surface area contributed by atoms with Crippen molar-refractivity contribution in [3.8, 4) is 0 Å². The van der Waals surface area contributed by atoms with Gasteiger partial charge in [0.25, 0.3) is 0 Å². The van der Waals surface area contributed by atoms with E-state index in [-0.39, 0.29) is 5.25 Å². The van der Waals surface area contributed by atoms with Gasteiger partial charge in [-0.25, -0.2) is 4.98 Å². The molecular formula is C14H19ClN2OS. The van der Waals surface area contributed by atoms with Crippen molar-refractivity contribution in [2.75, 3.05) is 12.1 Å². The molecule has 1 aromatic heterocycles. The van der Waals surface area contributed by atoms with Crippen LogP contribution in [0.1, 0.15) is 18.3 Å². The number of hydrogen-bond donors (Lipinski definition) is 0. The monoisotopic (exact) mass is 298 g/mol. The molecule has 19 heavy (non-hydrogen) atoms. The molecule has 104 valence electrons. The first-order valence-electron chi connectivity index (χ1n) is 6.37. The van der Waals surface area contributed by atoms with Crippen LogP contribution in [0.2, 0.25) is 0 Å². The summed E-state index contributed by atoms with van der Waals surface area (Å²) in [6.45, 7) is 4.78. The third-order valence-corrected chi connectivity index (χ3v) is 4.78. The Labute approximate surface area is 121 Å². The fourth-order valence-electron chi connectivity index (χ4n) is 2.13. The molecule has 0 aliphatic heterocycles. The molecule has 0 aliphatic rings. The standard InChI is InChI=1S/C14H19ClN2OS/c1-10-4-5-13-12(8-10)16-14(6-7-15)17(13)9-11(2)19(3)18/h4-5,8,11H,6-7,9H2,1-3H3. The highest BCUT2D eigenvalue weighted by atomic mass is 35.5. The number of fused-ring (bicyclic) bond motifs is 1. The molecule has 0 saturated carbocycles. The summed E-state index contributed by atoms with van der Waals surface area (Å²) in [5.41, 5.74) is 3.29. The van der Waals surface area contributed by atoms with E-state index in [4.69, 9.17) is 11.6 Å². The lowest BCUT2D eigenvalue weighted by Gasteiger charge is -2.13. The molecule has 0 spiro atoms. The predicted molar refractivity (Wildman–Crippen MR) is 82.4 cm³/mol. The van der Waals surface area contributed by atoms with Gasteiger partial charge in [0.05, 0.1) is 11.0 Å². The summed E-state index contributed by atoms with van der Waals surface area (Å²) in [5, 5.41) is 0.104.